The highest BCUT2D eigenvalue weighted by Gasteiger charge is 2.18. The number of nitrogens with one attached hydrogen (secondary N) is 3. The average Bonchev–Trinajstić information content (AvgIpc) is 2.80. The van der Waals surface area contributed by atoms with Gasteiger partial charge in [-0.15, -0.1) is 0 Å². The third-order valence-electron chi connectivity index (χ3n) is 5.17. The zero-order valence-corrected chi connectivity index (χ0v) is 17.9. The number of carbonyl (C=O) groups is 2. The fourth-order valence-electron chi connectivity index (χ4n) is 3.59. The van der Waals surface area contributed by atoms with Crippen LogP contribution in [0.5, 0.6) is 0 Å². The van der Waals surface area contributed by atoms with Crippen LogP contribution in [0, 0.1) is 6.92 Å². The molecule has 0 atom stereocenters. The number of carbonyl (C=O) groups excluding carboxylic acids is 2. The molecule has 7 nitrogen and oxygen atoms in total. The molecular weight excluding hydrogens is 404 g/mol. The topological polar surface area (TPSA) is 82.7 Å². The molecule has 0 aliphatic carbocycles. The van der Waals surface area contributed by atoms with Crippen LogP contribution in [-0.4, -0.2) is 38.2 Å². The third-order valence-corrected chi connectivity index (χ3v) is 5.17. The van der Waals surface area contributed by atoms with Gasteiger partial charge in [0, 0.05) is 30.0 Å². The standard InChI is InChI=1S/C25H26N4O3/c1-18-6-5-7-19(16-18)24(30)26-21-10-11-23(29-12-14-32-15-13-29)22(17-21)28-25(31)27-20-8-3-2-4-9-20/h2-11,16-17H,12-15H2,1H3,(H,26,30)(H2,27,28,31). The molecule has 0 aromatic heterocycles. The zero-order valence-electron chi connectivity index (χ0n) is 17.9. The van der Waals surface area contributed by atoms with Gasteiger partial charge in [0.1, 0.15) is 0 Å². The van der Waals surface area contributed by atoms with E-state index < -0.39 is 0 Å². The van der Waals surface area contributed by atoms with Crippen LogP contribution in [0.1, 0.15) is 15.9 Å². The normalized spacial score (nSPS) is 13.3. The molecule has 3 N–H and O–H groups in total. The number of benzene rings is 3. The number of hydrogen-bond donors (Lipinski definition) is 3. The summed E-state index contributed by atoms with van der Waals surface area (Å²) in [5, 5.41) is 8.69. The summed E-state index contributed by atoms with van der Waals surface area (Å²) in [4.78, 5) is 27.5. The van der Waals surface area contributed by atoms with E-state index in [1.165, 1.54) is 0 Å². The molecule has 1 aliphatic rings. The summed E-state index contributed by atoms with van der Waals surface area (Å²) in [7, 11) is 0. The van der Waals surface area contributed by atoms with E-state index in [4.69, 9.17) is 4.74 Å². The molecule has 164 valence electrons. The molecule has 3 aromatic rings. The van der Waals surface area contributed by atoms with Gasteiger partial charge < -0.3 is 25.6 Å². The lowest BCUT2D eigenvalue weighted by atomic mass is 10.1. The molecule has 0 unspecified atom stereocenters. The first-order chi connectivity index (χ1) is 15.6. The second-order valence-electron chi connectivity index (χ2n) is 7.60. The predicted molar refractivity (Wildman–Crippen MR) is 128 cm³/mol. The minimum Gasteiger partial charge on any atom is -0.378 e. The van der Waals surface area contributed by atoms with Crippen LogP contribution in [0.2, 0.25) is 0 Å². The summed E-state index contributed by atoms with van der Waals surface area (Å²) in [6.07, 6.45) is 0. The van der Waals surface area contributed by atoms with Gasteiger partial charge in [-0.25, -0.2) is 4.79 Å². The van der Waals surface area contributed by atoms with Crippen LogP contribution in [0.15, 0.2) is 72.8 Å². The number of anilines is 4. The second kappa shape index (κ2) is 9.98. The van der Waals surface area contributed by atoms with Crippen molar-refractivity contribution < 1.29 is 14.3 Å². The molecule has 4 rings (SSSR count). The molecule has 0 bridgehead atoms. The highest BCUT2D eigenvalue weighted by atomic mass is 16.5. The Morgan fingerprint density at radius 1 is 0.812 bits per heavy atom. The monoisotopic (exact) mass is 430 g/mol. The maximum absolute atomic E-state index is 12.7. The Balaban J connectivity index is 1.56. The third kappa shape index (κ3) is 5.44. The van der Waals surface area contributed by atoms with Crippen molar-refractivity contribution in [2.24, 2.45) is 0 Å². The largest absolute Gasteiger partial charge is 0.378 e. The fourth-order valence-corrected chi connectivity index (χ4v) is 3.59. The number of amides is 3. The number of urea groups is 1. The van der Waals surface area contributed by atoms with Gasteiger partial charge in [-0.2, -0.15) is 0 Å². The van der Waals surface area contributed by atoms with E-state index in [2.05, 4.69) is 20.9 Å². The van der Waals surface area contributed by atoms with Crippen molar-refractivity contribution in [3.8, 4) is 0 Å². The van der Waals surface area contributed by atoms with Crippen LogP contribution in [0.3, 0.4) is 0 Å². The Morgan fingerprint density at radius 2 is 1.59 bits per heavy atom. The predicted octanol–water partition coefficient (Wildman–Crippen LogP) is 4.73. The lowest BCUT2D eigenvalue weighted by Gasteiger charge is -2.30. The van der Waals surface area contributed by atoms with Gasteiger partial charge in [0.15, 0.2) is 0 Å². The van der Waals surface area contributed by atoms with Crippen molar-refractivity contribution in [3.63, 3.8) is 0 Å². The van der Waals surface area contributed by atoms with Crippen LogP contribution in [0.4, 0.5) is 27.5 Å². The molecule has 7 heteroatoms. The highest BCUT2D eigenvalue weighted by Crippen LogP contribution is 2.30. The number of hydrogen-bond acceptors (Lipinski definition) is 4. The van der Waals surface area contributed by atoms with Crippen molar-refractivity contribution >= 4 is 34.7 Å². The zero-order chi connectivity index (χ0) is 22.3. The molecule has 32 heavy (non-hydrogen) atoms. The van der Waals surface area contributed by atoms with Gasteiger partial charge in [-0.1, -0.05) is 35.9 Å². The van der Waals surface area contributed by atoms with E-state index in [0.29, 0.717) is 35.8 Å². The first-order valence-electron chi connectivity index (χ1n) is 10.6. The van der Waals surface area contributed by atoms with Gasteiger partial charge in [-0.3, -0.25) is 4.79 Å². The van der Waals surface area contributed by atoms with E-state index in [9.17, 15) is 9.59 Å². The van der Waals surface area contributed by atoms with Gasteiger partial charge in [0.25, 0.3) is 5.91 Å². The van der Waals surface area contributed by atoms with Crippen molar-refractivity contribution in [1.29, 1.82) is 0 Å². The van der Waals surface area contributed by atoms with Crippen molar-refractivity contribution in [1.82, 2.24) is 0 Å². The number of nitrogens with zero attached hydrogens (tertiary/aromatic N) is 1. The van der Waals surface area contributed by atoms with Crippen LogP contribution in [-0.2, 0) is 4.74 Å². The summed E-state index contributed by atoms with van der Waals surface area (Å²) in [5.41, 5.74) is 4.39. The Bertz CT molecular complexity index is 1100. The maximum atomic E-state index is 12.7. The Hall–Kier alpha value is -3.84. The first kappa shape index (κ1) is 21.4. The summed E-state index contributed by atoms with van der Waals surface area (Å²) in [6, 6.07) is 21.8. The van der Waals surface area contributed by atoms with E-state index in [0.717, 1.165) is 24.3 Å². The molecule has 0 spiro atoms. The van der Waals surface area contributed by atoms with E-state index in [1.54, 1.807) is 12.1 Å². The summed E-state index contributed by atoms with van der Waals surface area (Å²) in [6.45, 7) is 4.65. The Kier molecular flexibility index (Phi) is 6.67. The number of para-hydroxylation sites is 1. The van der Waals surface area contributed by atoms with Gasteiger partial charge >= 0.3 is 6.03 Å². The summed E-state index contributed by atoms with van der Waals surface area (Å²) < 4.78 is 5.46. The number of morpholine rings is 1. The number of rotatable bonds is 5. The lowest BCUT2D eigenvalue weighted by Crippen LogP contribution is -2.37. The number of aryl methyl sites for hydroxylation is 1. The first-order valence-corrected chi connectivity index (χ1v) is 10.6. The highest BCUT2D eigenvalue weighted by molar-refractivity contribution is 6.06. The van der Waals surface area contributed by atoms with Gasteiger partial charge in [0.05, 0.1) is 24.6 Å². The number of ether oxygens (including phenoxy) is 1. The van der Waals surface area contributed by atoms with Gasteiger partial charge in [0.2, 0.25) is 0 Å². The molecule has 3 aromatic carbocycles. The fraction of sp³-hybridized carbons (Fsp3) is 0.200. The van der Waals surface area contributed by atoms with E-state index in [1.807, 2.05) is 67.6 Å². The molecule has 1 aliphatic heterocycles. The SMILES string of the molecule is Cc1cccc(C(=O)Nc2ccc(N3CCOCC3)c(NC(=O)Nc3ccccc3)c2)c1. The van der Waals surface area contributed by atoms with Crippen LogP contribution < -0.4 is 20.9 Å². The summed E-state index contributed by atoms with van der Waals surface area (Å²) >= 11 is 0. The minimum atomic E-state index is -0.354. The quantitative estimate of drug-likeness (QED) is 0.547. The molecule has 3 amide bonds. The van der Waals surface area contributed by atoms with Gasteiger partial charge in [-0.05, 0) is 49.4 Å². The van der Waals surface area contributed by atoms with E-state index >= 15 is 0 Å². The van der Waals surface area contributed by atoms with Crippen molar-refractivity contribution in [2.75, 3.05) is 47.2 Å². The molecule has 1 saturated heterocycles. The van der Waals surface area contributed by atoms with E-state index in [-0.39, 0.29) is 11.9 Å². The molecule has 0 saturated carbocycles. The lowest BCUT2D eigenvalue weighted by molar-refractivity contribution is 0.102. The summed E-state index contributed by atoms with van der Waals surface area (Å²) in [5.74, 6) is -0.201. The molecule has 0 radical (unpaired) electrons. The smallest absolute Gasteiger partial charge is 0.323 e. The molecule has 1 heterocycles. The minimum absolute atomic E-state index is 0.201. The van der Waals surface area contributed by atoms with Crippen molar-refractivity contribution in [3.05, 3.63) is 83.9 Å². The molecule has 1 fully saturated rings. The van der Waals surface area contributed by atoms with Crippen molar-refractivity contribution in [2.45, 2.75) is 6.92 Å². The Labute approximate surface area is 187 Å². The van der Waals surface area contributed by atoms with Crippen LogP contribution in [0.25, 0.3) is 0 Å². The maximum Gasteiger partial charge on any atom is 0.323 e. The average molecular weight is 431 g/mol. The second-order valence-corrected chi connectivity index (χ2v) is 7.60. The van der Waals surface area contributed by atoms with Crippen LogP contribution >= 0.6 is 0 Å². The molecular formula is C25H26N4O3. The Morgan fingerprint density at radius 3 is 2.34 bits per heavy atom.